The first-order valence-corrected chi connectivity index (χ1v) is 11.9. The highest BCUT2D eigenvalue weighted by Gasteiger charge is 2.45. The predicted octanol–water partition coefficient (Wildman–Crippen LogP) is 1.34. The molecule has 5 heterocycles. The molecule has 33 heavy (non-hydrogen) atoms. The maximum atomic E-state index is 13.2. The van der Waals surface area contributed by atoms with Gasteiger partial charge in [-0.2, -0.15) is 0 Å². The SMILES string of the molecule is O=C1CCC(N2Cc3c(CN4CCn5cccc5C45CCNCC5)cccc3C2=O)C(=O)N1. The van der Waals surface area contributed by atoms with Crippen molar-refractivity contribution in [2.24, 2.45) is 0 Å². The number of nitrogens with one attached hydrogen (secondary N) is 2. The highest BCUT2D eigenvalue weighted by Crippen LogP contribution is 2.41. The molecule has 2 saturated heterocycles. The topological polar surface area (TPSA) is 86.7 Å². The summed E-state index contributed by atoms with van der Waals surface area (Å²) in [6, 6.07) is 9.80. The number of nitrogens with zero attached hydrogens (tertiary/aromatic N) is 3. The second-order valence-corrected chi connectivity index (χ2v) is 9.63. The maximum absolute atomic E-state index is 13.2. The van der Waals surface area contributed by atoms with Gasteiger partial charge < -0.3 is 14.8 Å². The van der Waals surface area contributed by atoms with Crippen molar-refractivity contribution in [2.75, 3.05) is 19.6 Å². The van der Waals surface area contributed by atoms with Crippen LogP contribution in [0.1, 0.15) is 52.9 Å². The summed E-state index contributed by atoms with van der Waals surface area (Å²) in [6.45, 7) is 5.14. The van der Waals surface area contributed by atoms with E-state index < -0.39 is 6.04 Å². The van der Waals surface area contributed by atoms with Crippen LogP contribution in [-0.4, -0.2) is 57.8 Å². The van der Waals surface area contributed by atoms with Crippen LogP contribution in [-0.2, 0) is 34.8 Å². The number of fused-ring (bicyclic) bond motifs is 3. The third-order valence-corrected chi connectivity index (χ3v) is 7.99. The van der Waals surface area contributed by atoms with Gasteiger partial charge in [0, 0.05) is 50.1 Å². The number of imide groups is 1. The summed E-state index contributed by atoms with van der Waals surface area (Å²) >= 11 is 0. The highest BCUT2D eigenvalue weighted by molar-refractivity contribution is 6.05. The van der Waals surface area contributed by atoms with Gasteiger partial charge in [-0.1, -0.05) is 12.1 Å². The maximum Gasteiger partial charge on any atom is 0.255 e. The number of carbonyl (C=O) groups is 3. The normalized spacial score (nSPS) is 24.7. The van der Waals surface area contributed by atoms with E-state index in [0.717, 1.165) is 56.7 Å². The molecule has 1 spiro atoms. The van der Waals surface area contributed by atoms with Crippen LogP contribution in [0.5, 0.6) is 0 Å². The summed E-state index contributed by atoms with van der Waals surface area (Å²) in [6.07, 6.45) is 4.97. The Labute approximate surface area is 192 Å². The Balaban J connectivity index is 1.30. The molecule has 0 radical (unpaired) electrons. The number of benzene rings is 1. The largest absolute Gasteiger partial charge is 0.348 e. The van der Waals surface area contributed by atoms with Gasteiger partial charge >= 0.3 is 0 Å². The second kappa shape index (κ2) is 7.81. The molecule has 8 heteroatoms. The molecule has 8 nitrogen and oxygen atoms in total. The summed E-state index contributed by atoms with van der Waals surface area (Å²) in [7, 11) is 0. The summed E-state index contributed by atoms with van der Waals surface area (Å²) < 4.78 is 2.39. The molecule has 0 bridgehead atoms. The van der Waals surface area contributed by atoms with Gasteiger partial charge in [0.1, 0.15) is 6.04 Å². The molecule has 1 atom stereocenters. The number of amides is 3. The monoisotopic (exact) mass is 447 g/mol. The molecule has 0 aliphatic carbocycles. The quantitative estimate of drug-likeness (QED) is 0.694. The Morgan fingerprint density at radius 1 is 1.03 bits per heavy atom. The molecular weight excluding hydrogens is 418 g/mol. The van der Waals surface area contributed by atoms with Crippen LogP contribution in [0.15, 0.2) is 36.5 Å². The molecule has 1 aromatic carbocycles. The van der Waals surface area contributed by atoms with Crippen LogP contribution in [0.2, 0.25) is 0 Å². The van der Waals surface area contributed by atoms with E-state index in [1.54, 1.807) is 4.90 Å². The van der Waals surface area contributed by atoms with Gasteiger partial charge in [0.25, 0.3) is 5.91 Å². The summed E-state index contributed by atoms with van der Waals surface area (Å²) in [4.78, 5) is 41.5. The molecule has 1 unspecified atom stereocenters. The van der Waals surface area contributed by atoms with Crippen LogP contribution in [0, 0.1) is 0 Å². The average molecular weight is 448 g/mol. The van der Waals surface area contributed by atoms with Gasteiger partial charge in [-0.15, -0.1) is 0 Å². The number of rotatable bonds is 3. The molecule has 2 aromatic rings. The molecule has 172 valence electrons. The lowest BCUT2D eigenvalue weighted by Gasteiger charge is -2.50. The van der Waals surface area contributed by atoms with Gasteiger partial charge in [0.2, 0.25) is 11.8 Å². The van der Waals surface area contributed by atoms with Gasteiger partial charge in [-0.3, -0.25) is 24.6 Å². The fourth-order valence-electron chi connectivity index (χ4n) is 6.28. The minimum Gasteiger partial charge on any atom is -0.348 e. The summed E-state index contributed by atoms with van der Waals surface area (Å²) in [5.74, 6) is -0.729. The minimum absolute atomic E-state index is 0.00163. The van der Waals surface area contributed by atoms with E-state index in [2.05, 4.69) is 44.5 Å². The Bertz CT molecular complexity index is 1130. The molecule has 0 saturated carbocycles. The predicted molar refractivity (Wildman–Crippen MR) is 121 cm³/mol. The number of aromatic nitrogens is 1. The van der Waals surface area contributed by atoms with Crippen molar-refractivity contribution in [2.45, 2.75) is 56.9 Å². The van der Waals surface area contributed by atoms with Crippen LogP contribution >= 0.6 is 0 Å². The summed E-state index contributed by atoms with van der Waals surface area (Å²) in [5.41, 5.74) is 4.27. The fraction of sp³-hybridized carbons (Fsp3) is 0.480. The van der Waals surface area contributed by atoms with E-state index in [-0.39, 0.29) is 29.7 Å². The smallest absolute Gasteiger partial charge is 0.255 e. The highest BCUT2D eigenvalue weighted by atomic mass is 16.2. The Morgan fingerprint density at radius 2 is 1.88 bits per heavy atom. The summed E-state index contributed by atoms with van der Waals surface area (Å²) in [5, 5.41) is 5.90. The van der Waals surface area contributed by atoms with Gasteiger partial charge in [-0.05, 0) is 61.7 Å². The van der Waals surface area contributed by atoms with E-state index in [4.69, 9.17) is 0 Å². The third kappa shape index (κ3) is 3.23. The van der Waals surface area contributed by atoms with E-state index in [0.29, 0.717) is 18.5 Å². The van der Waals surface area contributed by atoms with Crippen LogP contribution in [0.4, 0.5) is 0 Å². The lowest BCUT2D eigenvalue weighted by molar-refractivity contribution is -0.136. The average Bonchev–Trinajstić information content (AvgIpc) is 3.43. The van der Waals surface area contributed by atoms with Gasteiger partial charge in [-0.25, -0.2) is 0 Å². The number of carbonyl (C=O) groups excluding carboxylic acids is 3. The van der Waals surface area contributed by atoms with Crippen LogP contribution in [0.25, 0.3) is 0 Å². The van der Waals surface area contributed by atoms with Crippen molar-refractivity contribution in [1.82, 2.24) is 25.0 Å². The standard InChI is InChI=1S/C25H29N5O3/c31-22-7-6-20(23(32)27-22)30-16-19-17(3-1-4-18(19)24(30)33)15-29-14-13-28-12-2-5-21(28)25(29)8-10-26-11-9-25/h1-5,12,20,26H,6-11,13-16H2,(H,27,31,32). The first-order chi connectivity index (χ1) is 16.1. The van der Waals surface area contributed by atoms with Crippen molar-refractivity contribution in [3.63, 3.8) is 0 Å². The number of hydrogen-bond donors (Lipinski definition) is 2. The molecule has 1 aromatic heterocycles. The zero-order chi connectivity index (χ0) is 22.6. The van der Waals surface area contributed by atoms with Gasteiger partial charge in [0.15, 0.2) is 0 Å². The van der Waals surface area contributed by atoms with Gasteiger partial charge in [0.05, 0.1) is 5.54 Å². The van der Waals surface area contributed by atoms with E-state index in [1.807, 2.05) is 12.1 Å². The molecule has 2 N–H and O–H groups in total. The lowest BCUT2D eigenvalue weighted by atomic mass is 9.81. The van der Waals surface area contributed by atoms with Crippen molar-refractivity contribution in [3.05, 3.63) is 58.9 Å². The van der Waals surface area contributed by atoms with E-state index in [1.165, 1.54) is 5.69 Å². The minimum atomic E-state index is -0.579. The third-order valence-electron chi connectivity index (χ3n) is 7.99. The van der Waals surface area contributed by atoms with Crippen molar-refractivity contribution in [3.8, 4) is 0 Å². The Hall–Kier alpha value is -2.97. The molecule has 4 aliphatic rings. The van der Waals surface area contributed by atoms with Crippen molar-refractivity contribution < 1.29 is 14.4 Å². The molecule has 6 rings (SSSR count). The molecule has 3 amide bonds. The van der Waals surface area contributed by atoms with Crippen LogP contribution in [0.3, 0.4) is 0 Å². The number of piperidine rings is 2. The Kier molecular flexibility index (Phi) is 4.88. The van der Waals surface area contributed by atoms with E-state index >= 15 is 0 Å². The van der Waals surface area contributed by atoms with E-state index in [9.17, 15) is 14.4 Å². The first kappa shape index (κ1) is 20.6. The van der Waals surface area contributed by atoms with Crippen LogP contribution < -0.4 is 10.6 Å². The fourth-order valence-corrected chi connectivity index (χ4v) is 6.28. The zero-order valence-corrected chi connectivity index (χ0v) is 18.7. The Morgan fingerprint density at radius 3 is 2.70 bits per heavy atom. The molecule has 4 aliphatic heterocycles. The zero-order valence-electron chi connectivity index (χ0n) is 18.7. The first-order valence-electron chi connectivity index (χ1n) is 11.9. The van der Waals surface area contributed by atoms with Crippen molar-refractivity contribution >= 4 is 17.7 Å². The van der Waals surface area contributed by atoms with Crippen molar-refractivity contribution in [1.29, 1.82) is 0 Å². The molecular formula is C25H29N5O3. The molecule has 2 fully saturated rings. The second-order valence-electron chi connectivity index (χ2n) is 9.63. The lowest BCUT2D eigenvalue weighted by Crippen LogP contribution is -2.56. The number of hydrogen-bond acceptors (Lipinski definition) is 5.